The lowest BCUT2D eigenvalue weighted by Gasteiger charge is -2.40. The summed E-state index contributed by atoms with van der Waals surface area (Å²) >= 11 is 0. The molecule has 5 atom stereocenters. The monoisotopic (exact) mass is 305 g/mol. The minimum absolute atomic E-state index is 0.0490. The van der Waals surface area contributed by atoms with Gasteiger partial charge in [-0.15, -0.1) is 0 Å². The average Bonchev–Trinajstić information content (AvgIpc) is 2.54. The fourth-order valence-electron chi connectivity index (χ4n) is 2.62. The van der Waals surface area contributed by atoms with Crippen molar-refractivity contribution in [2.24, 2.45) is 11.0 Å². The molecule has 1 fully saturated rings. The maximum atomic E-state index is 11.9. The molecular formula is C15H19N3O4. The van der Waals surface area contributed by atoms with Gasteiger partial charge in [0.05, 0.1) is 23.8 Å². The fraction of sp³-hybridized carbons (Fsp3) is 0.533. The average molecular weight is 305 g/mol. The second-order valence-corrected chi connectivity index (χ2v) is 5.39. The van der Waals surface area contributed by atoms with Crippen molar-refractivity contribution in [3.63, 3.8) is 0 Å². The predicted molar refractivity (Wildman–Crippen MR) is 79.2 cm³/mol. The minimum Gasteiger partial charge on any atom is -0.459 e. The van der Waals surface area contributed by atoms with Crippen molar-refractivity contribution in [2.75, 3.05) is 6.61 Å². The van der Waals surface area contributed by atoms with E-state index in [-0.39, 0.29) is 18.6 Å². The van der Waals surface area contributed by atoms with Gasteiger partial charge in [0.1, 0.15) is 12.7 Å². The third-order valence-electron chi connectivity index (χ3n) is 3.90. The van der Waals surface area contributed by atoms with Crippen molar-refractivity contribution in [1.82, 2.24) is 0 Å². The van der Waals surface area contributed by atoms with Crippen LogP contribution in [-0.4, -0.2) is 42.0 Å². The number of hydrogen-bond acceptors (Lipinski definition) is 5. The van der Waals surface area contributed by atoms with Crippen molar-refractivity contribution in [3.05, 3.63) is 46.3 Å². The number of hydrogen-bond donors (Lipinski definition) is 1. The van der Waals surface area contributed by atoms with Crippen LogP contribution in [0.25, 0.3) is 10.4 Å². The Hall–Kier alpha value is -2.08. The van der Waals surface area contributed by atoms with Crippen LogP contribution in [0.5, 0.6) is 0 Å². The Morgan fingerprint density at radius 2 is 2.09 bits per heavy atom. The highest BCUT2D eigenvalue weighted by molar-refractivity contribution is 5.89. The molecule has 0 aliphatic carbocycles. The first-order chi connectivity index (χ1) is 10.5. The predicted octanol–water partition coefficient (Wildman–Crippen LogP) is 2.31. The molecule has 22 heavy (non-hydrogen) atoms. The first-order valence-electron chi connectivity index (χ1n) is 7.14. The Bertz CT molecular complexity index is 559. The Labute approximate surface area is 128 Å². The molecule has 1 aromatic carbocycles. The number of carbonyl (C=O) groups is 1. The summed E-state index contributed by atoms with van der Waals surface area (Å²) in [5.74, 6) is -0.742. The van der Waals surface area contributed by atoms with E-state index in [1.807, 2.05) is 6.07 Å². The number of benzene rings is 1. The lowest BCUT2D eigenvalue weighted by molar-refractivity contribution is -0.159. The smallest absolute Gasteiger partial charge is 0.338 e. The van der Waals surface area contributed by atoms with Gasteiger partial charge in [-0.25, -0.2) is 4.79 Å². The first kappa shape index (κ1) is 16.3. The number of nitrogens with zero attached hydrogens (tertiary/aromatic N) is 3. The van der Waals surface area contributed by atoms with E-state index < -0.39 is 24.2 Å². The van der Waals surface area contributed by atoms with Crippen molar-refractivity contribution in [2.45, 2.75) is 38.2 Å². The third kappa shape index (κ3) is 3.57. The molecule has 7 nitrogen and oxygen atoms in total. The zero-order valence-corrected chi connectivity index (χ0v) is 12.5. The summed E-state index contributed by atoms with van der Waals surface area (Å²) in [6, 6.07) is 8.17. The Morgan fingerprint density at radius 1 is 1.41 bits per heavy atom. The van der Waals surface area contributed by atoms with Gasteiger partial charge in [0.15, 0.2) is 0 Å². The van der Waals surface area contributed by atoms with Crippen LogP contribution in [0.1, 0.15) is 24.2 Å². The van der Waals surface area contributed by atoms with Crippen LogP contribution in [-0.2, 0) is 9.47 Å². The molecule has 1 aromatic rings. The molecule has 2 rings (SSSR count). The molecule has 1 N–H and O–H groups in total. The molecule has 7 heteroatoms. The second kappa shape index (κ2) is 7.26. The van der Waals surface area contributed by atoms with E-state index in [9.17, 15) is 9.90 Å². The van der Waals surface area contributed by atoms with Crippen LogP contribution < -0.4 is 0 Å². The van der Waals surface area contributed by atoms with Crippen LogP contribution in [0.15, 0.2) is 35.4 Å². The topological polar surface area (TPSA) is 105 Å². The zero-order valence-electron chi connectivity index (χ0n) is 12.5. The molecule has 0 aromatic heterocycles. The van der Waals surface area contributed by atoms with Crippen molar-refractivity contribution in [1.29, 1.82) is 0 Å². The number of esters is 1. The molecule has 1 saturated heterocycles. The Balaban J connectivity index is 1.96. The van der Waals surface area contributed by atoms with Gasteiger partial charge in [0.2, 0.25) is 0 Å². The van der Waals surface area contributed by atoms with E-state index in [1.165, 1.54) is 0 Å². The summed E-state index contributed by atoms with van der Waals surface area (Å²) in [5.41, 5.74) is 9.01. The van der Waals surface area contributed by atoms with E-state index in [2.05, 4.69) is 10.0 Å². The third-order valence-corrected chi connectivity index (χ3v) is 3.90. The second-order valence-electron chi connectivity index (χ2n) is 5.39. The van der Waals surface area contributed by atoms with Gasteiger partial charge in [-0.3, -0.25) is 0 Å². The molecule has 1 heterocycles. The van der Waals surface area contributed by atoms with Crippen LogP contribution >= 0.6 is 0 Å². The number of aliphatic hydroxyl groups excluding tert-OH is 1. The van der Waals surface area contributed by atoms with E-state index >= 15 is 0 Å². The highest BCUT2D eigenvalue weighted by Gasteiger charge is 2.41. The van der Waals surface area contributed by atoms with Crippen LogP contribution in [0, 0.1) is 5.92 Å². The first-order valence-corrected chi connectivity index (χ1v) is 7.14. The van der Waals surface area contributed by atoms with E-state index in [0.717, 1.165) is 0 Å². The summed E-state index contributed by atoms with van der Waals surface area (Å²) in [5, 5.41) is 13.9. The molecule has 1 aliphatic rings. The van der Waals surface area contributed by atoms with Gasteiger partial charge in [-0.1, -0.05) is 30.2 Å². The molecule has 1 aliphatic heterocycles. The van der Waals surface area contributed by atoms with Gasteiger partial charge in [-0.2, -0.15) is 0 Å². The zero-order chi connectivity index (χ0) is 16.1. The molecule has 0 spiro atoms. The number of azide groups is 1. The summed E-state index contributed by atoms with van der Waals surface area (Å²) < 4.78 is 10.8. The molecule has 2 unspecified atom stereocenters. The number of aliphatic hydroxyl groups is 1. The number of carbonyl (C=O) groups excluding carboxylic acids is 1. The van der Waals surface area contributed by atoms with Gasteiger partial charge < -0.3 is 14.6 Å². The van der Waals surface area contributed by atoms with Crippen molar-refractivity contribution < 1.29 is 19.4 Å². The van der Waals surface area contributed by atoms with Crippen LogP contribution in [0.3, 0.4) is 0 Å². The van der Waals surface area contributed by atoms with Crippen LogP contribution in [0.4, 0.5) is 0 Å². The minimum atomic E-state index is -0.865. The molecule has 0 amide bonds. The maximum Gasteiger partial charge on any atom is 0.338 e. The highest BCUT2D eigenvalue weighted by atomic mass is 16.6. The molecule has 0 saturated carbocycles. The maximum absolute atomic E-state index is 11.9. The van der Waals surface area contributed by atoms with Gasteiger partial charge in [0.25, 0.3) is 0 Å². The number of ether oxygens (including phenoxy) is 2. The van der Waals surface area contributed by atoms with Gasteiger partial charge in [0, 0.05) is 4.91 Å². The Morgan fingerprint density at radius 3 is 2.73 bits per heavy atom. The largest absolute Gasteiger partial charge is 0.459 e. The summed E-state index contributed by atoms with van der Waals surface area (Å²) in [4.78, 5) is 14.7. The normalized spacial score (nSPS) is 31.1. The standard InChI is InChI=1S/C15H19N3O4/c1-9-13(17-18-16)10(2)22-12(14(9)19)8-21-15(20)11-6-4-3-5-7-11/h3-7,9-10,12-14,19H,8H2,1-2H3/t9-,10-,12?,13?,14+/m1/s1. The van der Waals surface area contributed by atoms with E-state index in [4.69, 9.17) is 15.0 Å². The number of rotatable bonds is 4. The van der Waals surface area contributed by atoms with Gasteiger partial charge in [-0.05, 0) is 30.5 Å². The lowest BCUT2D eigenvalue weighted by Crippen LogP contribution is -2.53. The van der Waals surface area contributed by atoms with Gasteiger partial charge >= 0.3 is 5.97 Å². The van der Waals surface area contributed by atoms with Crippen molar-refractivity contribution >= 4 is 5.97 Å². The molecule has 0 bridgehead atoms. The lowest BCUT2D eigenvalue weighted by atomic mass is 9.87. The Kier molecular flexibility index (Phi) is 5.38. The SMILES string of the molecule is C[C@@H]1C(N=[N+]=[N-])[C@@H](C)OC(COC(=O)c2ccccc2)[C@H]1O. The van der Waals surface area contributed by atoms with E-state index in [1.54, 1.807) is 38.1 Å². The van der Waals surface area contributed by atoms with Crippen molar-refractivity contribution in [3.8, 4) is 0 Å². The molecule has 0 radical (unpaired) electrons. The summed E-state index contributed by atoms with van der Waals surface area (Å²) in [7, 11) is 0. The van der Waals surface area contributed by atoms with Crippen LogP contribution in [0.2, 0.25) is 0 Å². The molecule has 118 valence electrons. The summed E-state index contributed by atoms with van der Waals surface area (Å²) in [6.07, 6.45) is -1.85. The molecular weight excluding hydrogens is 286 g/mol. The van der Waals surface area contributed by atoms with E-state index in [0.29, 0.717) is 5.56 Å². The summed E-state index contributed by atoms with van der Waals surface area (Å²) in [6.45, 7) is 3.51. The fourth-order valence-corrected chi connectivity index (χ4v) is 2.62. The highest BCUT2D eigenvalue weighted by Crippen LogP contribution is 2.28. The quantitative estimate of drug-likeness (QED) is 0.399.